The molecule has 2 rings (SSSR count). The molecule has 2 fully saturated rings. The third-order valence-electron chi connectivity index (χ3n) is 5.25. The number of hydrogen-bond acceptors (Lipinski definition) is 3. The molecule has 1 saturated carbocycles. The van der Waals surface area contributed by atoms with E-state index in [2.05, 4.69) is 4.90 Å². The lowest BCUT2D eigenvalue weighted by Crippen LogP contribution is -2.51. The average Bonchev–Trinajstić information content (AvgIpc) is 2.68. The number of carboxylic acids is 1. The van der Waals surface area contributed by atoms with Gasteiger partial charge in [0.1, 0.15) is 6.04 Å². The normalized spacial score (nSPS) is 35.1. The van der Waals surface area contributed by atoms with E-state index in [1.807, 2.05) is 20.8 Å². The van der Waals surface area contributed by atoms with Crippen LogP contribution in [0.3, 0.4) is 0 Å². The molecular weight excluding hydrogens is 242 g/mol. The number of carbonyl (C=O) groups is 1. The molecule has 4 unspecified atom stereocenters. The van der Waals surface area contributed by atoms with E-state index in [1.165, 1.54) is 12.8 Å². The van der Waals surface area contributed by atoms with E-state index in [0.717, 1.165) is 19.3 Å². The minimum atomic E-state index is -0.819. The molecule has 2 N–H and O–H groups in total. The number of aliphatic carboxylic acids is 1. The molecule has 0 spiro atoms. The summed E-state index contributed by atoms with van der Waals surface area (Å²) in [6.45, 7) is 6.28. The molecule has 2 aliphatic rings. The van der Waals surface area contributed by atoms with Gasteiger partial charge in [-0.2, -0.15) is 0 Å². The summed E-state index contributed by atoms with van der Waals surface area (Å²) in [5.41, 5.74) is -0.819. The minimum Gasteiger partial charge on any atom is -0.480 e. The van der Waals surface area contributed by atoms with Crippen LogP contribution in [-0.4, -0.2) is 45.3 Å². The van der Waals surface area contributed by atoms with E-state index in [4.69, 9.17) is 0 Å². The summed E-state index contributed by atoms with van der Waals surface area (Å²) in [5.74, 6) is -0.0867. The molecule has 0 aromatic rings. The molecule has 1 aliphatic heterocycles. The van der Waals surface area contributed by atoms with Crippen molar-refractivity contribution in [2.45, 2.75) is 70.6 Å². The molecule has 0 aromatic carbocycles. The van der Waals surface area contributed by atoms with Gasteiger partial charge >= 0.3 is 5.97 Å². The van der Waals surface area contributed by atoms with E-state index in [9.17, 15) is 15.0 Å². The molecule has 0 bridgehead atoms. The zero-order valence-electron chi connectivity index (χ0n) is 12.3. The summed E-state index contributed by atoms with van der Waals surface area (Å²) in [6.07, 6.45) is 5.40. The Kier molecular flexibility index (Phi) is 4.21. The lowest BCUT2D eigenvalue weighted by molar-refractivity contribution is -0.144. The molecule has 0 radical (unpaired) electrons. The van der Waals surface area contributed by atoms with Crippen molar-refractivity contribution < 1.29 is 15.0 Å². The first-order valence-electron chi connectivity index (χ1n) is 7.54. The van der Waals surface area contributed by atoms with Crippen LogP contribution in [0, 0.1) is 11.8 Å². The lowest BCUT2D eigenvalue weighted by Gasteiger charge is -2.39. The Balaban J connectivity index is 2.16. The summed E-state index contributed by atoms with van der Waals surface area (Å²) in [6, 6.07) is -0.0431. The van der Waals surface area contributed by atoms with Gasteiger partial charge in [0.25, 0.3) is 0 Å². The highest BCUT2D eigenvalue weighted by atomic mass is 16.4. The molecule has 4 atom stereocenters. The Morgan fingerprint density at radius 2 is 2.00 bits per heavy atom. The van der Waals surface area contributed by atoms with Gasteiger partial charge in [-0.15, -0.1) is 0 Å². The van der Waals surface area contributed by atoms with Crippen LogP contribution in [-0.2, 0) is 4.79 Å². The van der Waals surface area contributed by atoms with Gasteiger partial charge in [0, 0.05) is 12.6 Å². The first-order chi connectivity index (χ1) is 8.83. The van der Waals surface area contributed by atoms with Crippen molar-refractivity contribution in [1.29, 1.82) is 0 Å². The number of β-amino-alcohol motifs (C(OH)–C–C–N with tert-alkyl or cyclic N) is 1. The number of rotatable bonds is 4. The standard InChI is InChI=1S/C15H27NO3/c1-10(2)15(3,19)9-16-12-7-5-4-6-11(12)8-13(16)14(17)18/h10-13,19H,4-9H2,1-3H3,(H,17,18). The van der Waals surface area contributed by atoms with Crippen molar-refractivity contribution in [2.24, 2.45) is 11.8 Å². The molecule has 1 saturated heterocycles. The molecule has 0 aromatic heterocycles. The molecule has 4 nitrogen and oxygen atoms in total. The maximum atomic E-state index is 11.5. The smallest absolute Gasteiger partial charge is 0.320 e. The average molecular weight is 269 g/mol. The third kappa shape index (κ3) is 2.95. The van der Waals surface area contributed by atoms with E-state index < -0.39 is 17.6 Å². The van der Waals surface area contributed by atoms with E-state index in [0.29, 0.717) is 18.5 Å². The molecule has 19 heavy (non-hydrogen) atoms. The van der Waals surface area contributed by atoms with Crippen LogP contribution in [0.4, 0.5) is 0 Å². The SMILES string of the molecule is CC(C)C(C)(O)CN1C(C(=O)O)CC2CCCCC21. The summed E-state index contributed by atoms with van der Waals surface area (Å²) in [4.78, 5) is 13.6. The minimum absolute atomic E-state index is 0.129. The van der Waals surface area contributed by atoms with Gasteiger partial charge in [0.2, 0.25) is 0 Å². The van der Waals surface area contributed by atoms with Gasteiger partial charge < -0.3 is 10.2 Å². The van der Waals surface area contributed by atoms with Crippen LogP contribution in [0.5, 0.6) is 0 Å². The number of likely N-dealkylation sites (tertiary alicyclic amines) is 1. The second kappa shape index (κ2) is 5.41. The molecule has 110 valence electrons. The largest absolute Gasteiger partial charge is 0.480 e. The second-order valence-electron chi connectivity index (χ2n) is 6.89. The first kappa shape index (κ1) is 14.8. The highest BCUT2D eigenvalue weighted by molar-refractivity contribution is 5.74. The van der Waals surface area contributed by atoms with Gasteiger partial charge in [-0.25, -0.2) is 0 Å². The Labute approximate surface area is 115 Å². The topological polar surface area (TPSA) is 60.8 Å². The van der Waals surface area contributed by atoms with Gasteiger partial charge in [0.15, 0.2) is 0 Å². The predicted molar refractivity (Wildman–Crippen MR) is 74.0 cm³/mol. The maximum Gasteiger partial charge on any atom is 0.320 e. The number of fused-ring (bicyclic) bond motifs is 1. The van der Waals surface area contributed by atoms with Crippen molar-refractivity contribution >= 4 is 5.97 Å². The van der Waals surface area contributed by atoms with Gasteiger partial charge in [-0.05, 0) is 38.0 Å². The fourth-order valence-corrected chi connectivity index (χ4v) is 3.58. The van der Waals surface area contributed by atoms with E-state index in [1.54, 1.807) is 0 Å². The second-order valence-corrected chi connectivity index (χ2v) is 6.89. The molecule has 1 heterocycles. The predicted octanol–water partition coefficient (Wildman–Crippen LogP) is 2.11. The van der Waals surface area contributed by atoms with Gasteiger partial charge in [0.05, 0.1) is 5.60 Å². The number of nitrogens with zero attached hydrogens (tertiary/aromatic N) is 1. The van der Waals surface area contributed by atoms with E-state index >= 15 is 0 Å². The molecule has 1 aliphatic carbocycles. The van der Waals surface area contributed by atoms with Crippen LogP contribution in [0.1, 0.15) is 52.9 Å². The molecular formula is C15H27NO3. The van der Waals surface area contributed by atoms with Gasteiger partial charge in [-0.3, -0.25) is 9.69 Å². The highest BCUT2D eigenvalue weighted by Crippen LogP contribution is 2.40. The Bertz CT molecular complexity index is 340. The number of hydrogen-bond donors (Lipinski definition) is 2. The third-order valence-corrected chi connectivity index (χ3v) is 5.25. The molecule has 0 amide bonds. The fourth-order valence-electron chi connectivity index (χ4n) is 3.58. The number of aliphatic hydroxyl groups is 1. The summed E-state index contributed by atoms with van der Waals surface area (Å²) in [7, 11) is 0. The lowest BCUT2D eigenvalue weighted by atomic mass is 9.84. The van der Waals surface area contributed by atoms with Crippen LogP contribution in [0.25, 0.3) is 0 Å². The monoisotopic (exact) mass is 269 g/mol. The Hall–Kier alpha value is -0.610. The van der Waals surface area contributed by atoms with Crippen molar-refractivity contribution in [3.8, 4) is 0 Å². The van der Waals surface area contributed by atoms with Gasteiger partial charge in [-0.1, -0.05) is 26.7 Å². The first-order valence-corrected chi connectivity index (χ1v) is 7.54. The highest BCUT2D eigenvalue weighted by Gasteiger charge is 2.47. The summed E-state index contributed by atoms with van der Waals surface area (Å²) >= 11 is 0. The maximum absolute atomic E-state index is 11.5. The van der Waals surface area contributed by atoms with Crippen molar-refractivity contribution in [2.75, 3.05) is 6.54 Å². The van der Waals surface area contributed by atoms with Crippen molar-refractivity contribution in [1.82, 2.24) is 4.90 Å². The fraction of sp³-hybridized carbons (Fsp3) is 0.933. The van der Waals surface area contributed by atoms with Crippen LogP contribution < -0.4 is 0 Å². The summed E-state index contributed by atoms with van der Waals surface area (Å²) < 4.78 is 0. The van der Waals surface area contributed by atoms with Crippen LogP contribution in [0.2, 0.25) is 0 Å². The van der Waals surface area contributed by atoms with E-state index in [-0.39, 0.29) is 5.92 Å². The van der Waals surface area contributed by atoms with Crippen LogP contribution >= 0.6 is 0 Å². The zero-order valence-corrected chi connectivity index (χ0v) is 12.3. The van der Waals surface area contributed by atoms with Crippen molar-refractivity contribution in [3.63, 3.8) is 0 Å². The quantitative estimate of drug-likeness (QED) is 0.820. The Morgan fingerprint density at radius 1 is 1.37 bits per heavy atom. The number of carboxylic acid groups (broad SMARTS) is 1. The summed E-state index contributed by atoms with van der Waals surface area (Å²) in [5, 5.41) is 20.0. The molecule has 4 heteroatoms. The van der Waals surface area contributed by atoms with Crippen molar-refractivity contribution in [3.05, 3.63) is 0 Å². The van der Waals surface area contributed by atoms with Crippen LogP contribution in [0.15, 0.2) is 0 Å². The Morgan fingerprint density at radius 3 is 2.58 bits per heavy atom. The zero-order chi connectivity index (χ0) is 14.2.